The number of ether oxygens (including phenoxy) is 1. The van der Waals surface area contributed by atoms with E-state index < -0.39 is 6.23 Å². The maximum atomic E-state index is 11.4. The Hall–Kier alpha value is -1.81. The zero-order chi connectivity index (χ0) is 12.3. The van der Waals surface area contributed by atoms with Gasteiger partial charge in [0.1, 0.15) is 6.54 Å². The van der Waals surface area contributed by atoms with Gasteiger partial charge >= 0.3 is 5.97 Å². The van der Waals surface area contributed by atoms with E-state index in [0.29, 0.717) is 6.61 Å². The zero-order valence-electron chi connectivity index (χ0n) is 9.67. The number of aliphatic hydroxyl groups is 1. The van der Waals surface area contributed by atoms with Crippen LogP contribution in [0.4, 0.5) is 0 Å². The van der Waals surface area contributed by atoms with E-state index >= 15 is 0 Å². The summed E-state index contributed by atoms with van der Waals surface area (Å²) in [6.45, 7) is 2.17. The van der Waals surface area contributed by atoms with E-state index in [9.17, 15) is 9.90 Å². The molecule has 1 aliphatic heterocycles. The fourth-order valence-corrected chi connectivity index (χ4v) is 1.83. The summed E-state index contributed by atoms with van der Waals surface area (Å²) < 4.78 is 4.86. The van der Waals surface area contributed by atoms with E-state index in [4.69, 9.17) is 4.74 Å². The second-order valence-corrected chi connectivity index (χ2v) is 3.80. The summed E-state index contributed by atoms with van der Waals surface area (Å²) >= 11 is 0. The highest BCUT2D eigenvalue weighted by molar-refractivity contribution is 5.72. The van der Waals surface area contributed by atoms with E-state index in [1.54, 1.807) is 18.0 Å². The van der Waals surface area contributed by atoms with Gasteiger partial charge in [0.05, 0.1) is 6.61 Å². The third kappa shape index (κ3) is 2.47. The number of nitrogens with zero attached hydrogens (tertiary/aromatic N) is 1. The van der Waals surface area contributed by atoms with Crippen molar-refractivity contribution in [2.45, 2.75) is 13.2 Å². The summed E-state index contributed by atoms with van der Waals surface area (Å²) in [6, 6.07) is 7.55. The van der Waals surface area contributed by atoms with Crippen molar-refractivity contribution in [3.63, 3.8) is 0 Å². The lowest BCUT2D eigenvalue weighted by molar-refractivity contribution is -0.146. The number of aliphatic hydroxyl groups excluding tert-OH is 1. The molecular formula is C13H15NO3. The molecular weight excluding hydrogens is 218 g/mol. The molecule has 1 unspecified atom stereocenters. The Morgan fingerprint density at radius 2 is 2.24 bits per heavy atom. The molecule has 0 bridgehead atoms. The van der Waals surface area contributed by atoms with Gasteiger partial charge in [0, 0.05) is 11.8 Å². The molecule has 0 saturated heterocycles. The second kappa shape index (κ2) is 5.01. The van der Waals surface area contributed by atoms with Crippen molar-refractivity contribution in [3.05, 3.63) is 41.6 Å². The first-order chi connectivity index (χ1) is 8.22. The van der Waals surface area contributed by atoms with Crippen LogP contribution in [-0.4, -0.2) is 29.1 Å². The fraction of sp³-hybridized carbons (Fsp3) is 0.308. The Labute approximate surface area is 100 Å². The highest BCUT2D eigenvalue weighted by Crippen LogP contribution is 2.27. The van der Waals surface area contributed by atoms with Crippen LogP contribution in [0.15, 0.2) is 30.5 Å². The van der Waals surface area contributed by atoms with Crippen LogP contribution in [0.1, 0.15) is 24.3 Å². The minimum Gasteiger partial charge on any atom is -0.465 e. The van der Waals surface area contributed by atoms with Gasteiger partial charge in [0.2, 0.25) is 0 Å². The Morgan fingerprint density at radius 1 is 1.47 bits per heavy atom. The molecule has 4 nitrogen and oxygen atoms in total. The molecule has 0 saturated carbocycles. The van der Waals surface area contributed by atoms with Crippen molar-refractivity contribution in [2.24, 2.45) is 0 Å². The smallest absolute Gasteiger partial charge is 0.325 e. The highest BCUT2D eigenvalue weighted by atomic mass is 16.5. The number of fused-ring (bicyclic) bond motifs is 1. The van der Waals surface area contributed by atoms with Crippen molar-refractivity contribution in [1.82, 2.24) is 4.90 Å². The average Bonchev–Trinajstić information content (AvgIpc) is 2.33. The Morgan fingerprint density at radius 3 is 3.00 bits per heavy atom. The summed E-state index contributed by atoms with van der Waals surface area (Å²) in [7, 11) is 0. The van der Waals surface area contributed by atoms with Gasteiger partial charge in [-0.15, -0.1) is 0 Å². The molecule has 2 rings (SSSR count). The van der Waals surface area contributed by atoms with Gasteiger partial charge in [0.15, 0.2) is 6.23 Å². The summed E-state index contributed by atoms with van der Waals surface area (Å²) in [5, 5.41) is 10.1. The van der Waals surface area contributed by atoms with Gasteiger partial charge in [-0.1, -0.05) is 24.3 Å². The molecule has 0 spiro atoms. The Bertz CT molecular complexity index is 442. The predicted molar refractivity (Wildman–Crippen MR) is 63.8 cm³/mol. The third-order valence-corrected chi connectivity index (χ3v) is 2.65. The van der Waals surface area contributed by atoms with E-state index in [2.05, 4.69) is 0 Å². The summed E-state index contributed by atoms with van der Waals surface area (Å²) in [5.74, 6) is -0.337. The highest BCUT2D eigenvalue weighted by Gasteiger charge is 2.22. The summed E-state index contributed by atoms with van der Waals surface area (Å²) in [4.78, 5) is 12.9. The topological polar surface area (TPSA) is 49.8 Å². The van der Waals surface area contributed by atoms with Crippen LogP contribution in [0.2, 0.25) is 0 Å². The van der Waals surface area contributed by atoms with Crippen LogP contribution in [0.5, 0.6) is 0 Å². The standard InChI is InChI=1S/C13H15NO3/c1-2-17-12(15)9-14-8-7-10-5-3-4-6-11(10)13(14)16/h3-8,13,16H,2,9H2,1H3. The number of hydrogen-bond donors (Lipinski definition) is 1. The van der Waals surface area contributed by atoms with Gasteiger partial charge in [-0.25, -0.2) is 0 Å². The first-order valence-electron chi connectivity index (χ1n) is 5.59. The second-order valence-electron chi connectivity index (χ2n) is 3.80. The maximum absolute atomic E-state index is 11.4. The molecule has 4 heteroatoms. The van der Waals surface area contributed by atoms with Gasteiger partial charge < -0.3 is 14.7 Å². The number of esters is 1. The van der Waals surface area contributed by atoms with E-state index in [0.717, 1.165) is 11.1 Å². The molecule has 0 amide bonds. The normalized spacial score (nSPS) is 17.8. The minimum absolute atomic E-state index is 0.0554. The van der Waals surface area contributed by atoms with Crippen LogP contribution in [0.3, 0.4) is 0 Å². The zero-order valence-corrected chi connectivity index (χ0v) is 9.67. The SMILES string of the molecule is CCOC(=O)CN1C=Cc2ccccc2C1O. The van der Waals surface area contributed by atoms with Crippen molar-refractivity contribution in [2.75, 3.05) is 13.2 Å². The van der Waals surface area contributed by atoms with Crippen LogP contribution in [0, 0.1) is 0 Å². The van der Waals surface area contributed by atoms with Crippen molar-refractivity contribution in [3.8, 4) is 0 Å². The lowest BCUT2D eigenvalue weighted by atomic mass is 10.0. The van der Waals surface area contributed by atoms with E-state index in [1.165, 1.54) is 0 Å². The van der Waals surface area contributed by atoms with Gasteiger partial charge in [-0.3, -0.25) is 4.79 Å². The average molecular weight is 233 g/mol. The summed E-state index contributed by atoms with van der Waals surface area (Å²) in [6.07, 6.45) is 2.80. The van der Waals surface area contributed by atoms with Gasteiger partial charge in [0.25, 0.3) is 0 Å². The van der Waals surface area contributed by atoms with Crippen LogP contribution >= 0.6 is 0 Å². The Balaban J connectivity index is 2.12. The lowest BCUT2D eigenvalue weighted by Gasteiger charge is -2.30. The number of rotatable bonds is 3. The van der Waals surface area contributed by atoms with Crippen molar-refractivity contribution in [1.29, 1.82) is 0 Å². The van der Waals surface area contributed by atoms with Crippen molar-refractivity contribution < 1.29 is 14.6 Å². The molecule has 1 aromatic rings. The number of carbonyl (C=O) groups excluding carboxylic acids is 1. The van der Waals surface area contributed by atoms with Crippen LogP contribution < -0.4 is 0 Å². The molecule has 1 N–H and O–H groups in total. The molecule has 1 aliphatic rings. The van der Waals surface area contributed by atoms with Crippen LogP contribution in [0.25, 0.3) is 6.08 Å². The first-order valence-corrected chi connectivity index (χ1v) is 5.59. The van der Waals surface area contributed by atoms with Crippen LogP contribution in [-0.2, 0) is 9.53 Å². The Kier molecular flexibility index (Phi) is 3.44. The number of hydrogen-bond acceptors (Lipinski definition) is 4. The molecule has 0 radical (unpaired) electrons. The van der Waals surface area contributed by atoms with E-state index in [1.807, 2.05) is 30.3 Å². The largest absolute Gasteiger partial charge is 0.465 e. The van der Waals surface area contributed by atoms with Crippen molar-refractivity contribution >= 4 is 12.0 Å². The molecule has 0 fully saturated rings. The lowest BCUT2D eigenvalue weighted by Crippen LogP contribution is -2.32. The predicted octanol–water partition coefficient (Wildman–Crippen LogP) is 1.53. The van der Waals surface area contributed by atoms with Gasteiger partial charge in [-0.05, 0) is 18.6 Å². The molecule has 0 aliphatic carbocycles. The summed E-state index contributed by atoms with van der Waals surface area (Å²) in [5.41, 5.74) is 1.78. The van der Waals surface area contributed by atoms with Gasteiger partial charge in [-0.2, -0.15) is 0 Å². The fourth-order valence-electron chi connectivity index (χ4n) is 1.83. The molecule has 1 atom stereocenters. The van der Waals surface area contributed by atoms with E-state index in [-0.39, 0.29) is 12.5 Å². The molecule has 17 heavy (non-hydrogen) atoms. The minimum atomic E-state index is -0.791. The third-order valence-electron chi connectivity index (χ3n) is 2.65. The molecule has 90 valence electrons. The number of benzene rings is 1. The quantitative estimate of drug-likeness (QED) is 0.804. The molecule has 1 aromatic carbocycles. The monoisotopic (exact) mass is 233 g/mol. The molecule has 1 heterocycles. The maximum Gasteiger partial charge on any atom is 0.325 e. The molecule has 0 aromatic heterocycles. The number of carbonyl (C=O) groups is 1. The first kappa shape index (κ1) is 11.7.